The molecule has 1 aliphatic carbocycles. The van der Waals surface area contributed by atoms with Crippen LogP contribution >= 0.6 is 0 Å². The Balaban J connectivity index is 1.65. The van der Waals surface area contributed by atoms with Gasteiger partial charge in [0.05, 0.1) is 12.2 Å². The first-order valence-electron chi connectivity index (χ1n) is 8.38. The first kappa shape index (κ1) is 16.5. The molecule has 0 spiro atoms. The SMILES string of the molecule is CCNC(=NCc1ccnn1C)NCC1(c2cccc(F)c2)CC1. The number of halogens is 1. The highest BCUT2D eigenvalue weighted by atomic mass is 19.1. The standard InChI is InChI=1S/C18H24FN5/c1-3-20-17(21-12-16-7-10-23-24(16)2)22-13-18(8-9-18)14-5-4-6-15(19)11-14/h4-7,10-11H,3,8-9,12-13H2,1-2H3,(H2,20,21,22). The summed E-state index contributed by atoms with van der Waals surface area (Å²) in [4.78, 5) is 4.62. The molecule has 0 unspecified atom stereocenters. The lowest BCUT2D eigenvalue weighted by molar-refractivity contribution is 0.607. The van der Waals surface area contributed by atoms with Crippen molar-refractivity contribution in [3.63, 3.8) is 0 Å². The van der Waals surface area contributed by atoms with E-state index in [1.807, 2.05) is 30.8 Å². The molecule has 1 heterocycles. The van der Waals surface area contributed by atoms with Gasteiger partial charge in [-0.05, 0) is 43.5 Å². The quantitative estimate of drug-likeness (QED) is 0.632. The van der Waals surface area contributed by atoms with Crippen LogP contribution in [0.2, 0.25) is 0 Å². The highest BCUT2D eigenvalue weighted by Gasteiger charge is 2.44. The Bertz CT molecular complexity index is 718. The van der Waals surface area contributed by atoms with Gasteiger partial charge in [0.1, 0.15) is 5.82 Å². The number of aryl methyl sites for hydroxylation is 1. The normalized spacial score (nSPS) is 16.0. The largest absolute Gasteiger partial charge is 0.357 e. The fourth-order valence-electron chi connectivity index (χ4n) is 2.85. The topological polar surface area (TPSA) is 54.2 Å². The number of nitrogens with one attached hydrogen (secondary N) is 2. The Morgan fingerprint density at radius 3 is 2.79 bits per heavy atom. The monoisotopic (exact) mass is 329 g/mol. The van der Waals surface area contributed by atoms with Crippen LogP contribution in [0.25, 0.3) is 0 Å². The van der Waals surface area contributed by atoms with Crippen molar-refractivity contribution in [3.05, 3.63) is 53.6 Å². The Labute approximate surface area is 142 Å². The molecule has 5 nitrogen and oxygen atoms in total. The molecular formula is C18H24FN5. The van der Waals surface area contributed by atoms with E-state index in [-0.39, 0.29) is 11.2 Å². The van der Waals surface area contributed by atoms with Gasteiger partial charge in [-0.3, -0.25) is 4.68 Å². The average Bonchev–Trinajstić information content (AvgIpc) is 3.26. The first-order valence-corrected chi connectivity index (χ1v) is 8.38. The number of benzene rings is 1. The molecule has 1 saturated carbocycles. The highest BCUT2D eigenvalue weighted by Crippen LogP contribution is 2.47. The molecule has 0 amide bonds. The minimum Gasteiger partial charge on any atom is -0.357 e. The molecule has 0 radical (unpaired) electrons. The van der Waals surface area contributed by atoms with Crippen molar-refractivity contribution in [1.29, 1.82) is 0 Å². The molecule has 128 valence electrons. The van der Waals surface area contributed by atoms with Gasteiger partial charge >= 0.3 is 0 Å². The first-order chi connectivity index (χ1) is 11.6. The molecule has 6 heteroatoms. The number of guanidine groups is 1. The summed E-state index contributed by atoms with van der Waals surface area (Å²) >= 11 is 0. The molecule has 1 aliphatic rings. The van der Waals surface area contributed by atoms with E-state index in [1.165, 1.54) is 6.07 Å². The van der Waals surface area contributed by atoms with Crippen LogP contribution in [-0.4, -0.2) is 28.8 Å². The van der Waals surface area contributed by atoms with E-state index < -0.39 is 0 Å². The number of hydrogen-bond donors (Lipinski definition) is 2. The Hall–Kier alpha value is -2.37. The zero-order valence-electron chi connectivity index (χ0n) is 14.2. The summed E-state index contributed by atoms with van der Waals surface area (Å²) in [5, 5.41) is 10.8. The molecule has 1 aromatic carbocycles. The van der Waals surface area contributed by atoms with Crippen LogP contribution in [-0.2, 0) is 19.0 Å². The second-order valence-electron chi connectivity index (χ2n) is 6.29. The van der Waals surface area contributed by atoms with Gasteiger partial charge in [-0.15, -0.1) is 0 Å². The minimum atomic E-state index is -0.171. The molecule has 0 aliphatic heterocycles. The Morgan fingerprint density at radius 1 is 1.33 bits per heavy atom. The second-order valence-corrected chi connectivity index (χ2v) is 6.29. The van der Waals surface area contributed by atoms with E-state index in [0.29, 0.717) is 6.54 Å². The molecule has 0 saturated heterocycles. The molecule has 3 rings (SSSR count). The average molecular weight is 329 g/mol. The van der Waals surface area contributed by atoms with Crippen LogP contribution < -0.4 is 10.6 Å². The van der Waals surface area contributed by atoms with Crippen LogP contribution in [0.1, 0.15) is 31.0 Å². The second kappa shape index (κ2) is 7.03. The molecule has 0 bridgehead atoms. The summed E-state index contributed by atoms with van der Waals surface area (Å²) in [6.45, 7) is 4.16. The number of aliphatic imine (C=N–C) groups is 1. The zero-order chi connectivity index (χ0) is 17.0. The number of nitrogens with zero attached hydrogens (tertiary/aromatic N) is 3. The lowest BCUT2D eigenvalue weighted by atomic mass is 9.96. The van der Waals surface area contributed by atoms with Gasteiger partial charge in [0.25, 0.3) is 0 Å². The molecule has 1 aromatic heterocycles. The summed E-state index contributed by atoms with van der Waals surface area (Å²) in [7, 11) is 1.91. The fraction of sp³-hybridized carbons (Fsp3) is 0.444. The van der Waals surface area contributed by atoms with E-state index in [1.54, 1.807) is 18.3 Å². The van der Waals surface area contributed by atoms with Crippen molar-refractivity contribution in [3.8, 4) is 0 Å². The number of aromatic nitrogens is 2. The smallest absolute Gasteiger partial charge is 0.191 e. The van der Waals surface area contributed by atoms with Gasteiger partial charge in [-0.25, -0.2) is 9.38 Å². The molecule has 1 fully saturated rings. The van der Waals surface area contributed by atoms with Gasteiger partial charge in [-0.2, -0.15) is 5.10 Å². The molecule has 0 atom stereocenters. The lowest BCUT2D eigenvalue weighted by Crippen LogP contribution is -2.41. The van der Waals surface area contributed by atoms with Gasteiger partial charge in [0.2, 0.25) is 0 Å². The zero-order valence-corrected chi connectivity index (χ0v) is 14.2. The van der Waals surface area contributed by atoms with Crippen molar-refractivity contribution in [2.45, 2.75) is 31.7 Å². The Kier molecular flexibility index (Phi) is 4.83. The molecular weight excluding hydrogens is 305 g/mol. The van der Waals surface area contributed by atoms with Crippen molar-refractivity contribution in [1.82, 2.24) is 20.4 Å². The van der Waals surface area contributed by atoms with E-state index >= 15 is 0 Å². The highest BCUT2D eigenvalue weighted by molar-refractivity contribution is 5.79. The molecule has 2 aromatic rings. The predicted octanol–water partition coefficient (Wildman–Crippen LogP) is 2.35. The van der Waals surface area contributed by atoms with Gasteiger partial charge < -0.3 is 10.6 Å². The van der Waals surface area contributed by atoms with Gasteiger partial charge in [-0.1, -0.05) is 12.1 Å². The third kappa shape index (κ3) is 3.75. The maximum Gasteiger partial charge on any atom is 0.191 e. The van der Waals surface area contributed by atoms with Crippen LogP contribution in [0.4, 0.5) is 4.39 Å². The summed E-state index contributed by atoms with van der Waals surface area (Å²) in [5.41, 5.74) is 2.15. The van der Waals surface area contributed by atoms with Gasteiger partial charge in [0.15, 0.2) is 5.96 Å². The fourth-order valence-corrected chi connectivity index (χ4v) is 2.85. The lowest BCUT2D eigenvalue weighted by Gasteiger charge is -2.19. The van der Waals surface area contributed by atoms with Gasteiger partial charge in [0, 0.05) is 31.7 Å². The predicted molar refractivity (Wildman–Crippen MR) is 93.3 cm³/mol. The summed E-state index contributed by atoms with van der Waals surface area (Å²) in [6.07, 6.45) is 3.92. The van der Waals surface area contributed by atoms with Crippen LogP contribution in [0, 0.1) is 5.82 Å². The maximum atomic E-state index is 13.5. The van der Waals surface area contributed by atoms with Crippen molar-refractivity contribution < 1.29 is 4.39 Å². The van der Waals surface area contributed by atoms with Crippen molar-refractivity contribution >= 4 is 5.96 Å². The van der Waals surface area contributed by atoms with E-state index in [2.05, 4.69) is 20.7 Å². The summed E-state index contributed by atoms with van der Waals surface area (Å²) in [5.74, 6) is 0.608. The summed E-state index contributed by atoms with van der Waals surface area (Å²) in [6, 6.07) is 8.90. The van der Waals surface area contributed by atoms with Crippen LogP contribution in [0.3, 0.4) is 0 Å². The van der Waals surface area contributed by atoms with Crippen molar-refractivity contribution in [2.24, 2.45) is 12.0 Å². The van der Waals surface area contributed by atoms with Crippen LogP contribution in [0.5, 0.6) is 0 Å². The van der Waals surface area contributed by atoms with E-state index in [9.17, 15) is 4.39 Å². The van der Waals surface area contributed by atoms with E-state index in [0.717, 1.165) is 43.1 Å². The third-order valence-corrected chi connectivity index (χ3v) is 4.55. The van der Waals surface area contributed by atoms with E-state index in [4.69, 9.17) is 0 Å². The number of rotatable bonds is 6. The molecule has 2 N–H and O–H groups in total. The maximum absolute atomic E-state index is 13.5. The Morgan fingerprint density at radius 2 is 2.17 bits per heavy atom. The third-order valence-electron chi connectivity index (χ3n) is 4.55. The van der Waals surface area contributed by atoms with Crippen LogP contribution in [0.15, 0.2) is 41.5 Å². The number of hydrogen-bond acceptors (Lipinski definition) is 2. The summed E-state index contributed by atoms with van der Waals surface area (Å²) < 4.78 is 15.3. The molecule has 24 heavy (non-hydrogen) atoms. The van der Waals surface area contributed by atoms with Crippen molar-refractivity contribution in [2.75, 3.05) is 13.1 Å². The minimum absolute atomic E-state index is 0.0326.